The lowest BCUT2D eigenvalue weighted by Crippen LogP contribution is -2.17. The minimum atomic E-state index is -3.03. The molecule has 1 aliphatic heterocycles. The fourth-order valence-corrected chi connectivity index (χ4v) is 4.75. The van der Waals surface area contributed by atoms with E-state index in [0.29, 0.717) is 28.4 Å². The van der Waals surface area contributed by atoms with E-state index < -0.39 is 9.84 Å². The van der Waals surface area contributed by atoms with Crippen LogP contribution in [0.1, 0.15) is 34.1 Å². The molecule has 1 N–H and O–H groups in total. The first-order chi connectivity index (χ1) is 11.9. The number of aromatic nitrogens is 2. The predicted octanol–water partition coefficient (Wildman–Crippen LogP) is 1.97. The van der Waals surface area contributed by atoms with E-state index in [4.69, 9.17) is 11.6 Å². The first-order valence-electron chi connectivity index (χ1n) is 7.71. The summed E-state index contributed by atoms with van der Waals surface area (Å²) in [7, 11) is -3.03. The average Bonchev–Trinajstić information content (AvgIpc) is 3.08. The number of benzene rings is 1. The summed E-state index contributed by atoms with van der Waals surface area (Å²) in [4.78, 5) is 11.9. The second-order valence-electron chi connectivity index (χ2n) is 5.86. The number of nitrogens with zero attached hydrogens (tertiary/aromatic N) is 3. The van der Waals surface area contributed by atoms with Crippen LogP contribution in [0.3, 0.4) is 0 Å². The highest BCUT2D eigenvalue weighted by molar-refractivity contribution is 7.91. The van der Waals surface area contributed by atoms with Crippen LogP contribution in [0.4, 0.5) is 0 Å². The maximum atomic E-state index is 11.9. The van der Waals surface area contributed by atoms with E-state index in [2.05, 4.69) is 15.6 Å². The Labute approximate surface area is 150 Å². The SMILES string of the molecule is Cc1nn([C@@H]2CCS(=O)(=O)C2)c(Cl)c1/C=N\NC(=O)c1ccccc1. The number of hydrogen-bond acceptors (Lipinski definition) is 5. The Balaban J connectivity index is 1.74. The molecule has 0 radical (unpaired) electrons. The monoisotopic (exact) mass is 380 g/mol. The minimum absolute atomic E-state index is 0.0369. The molecule has 0 spiro atoms. The van der Waals surface area contributed by atoms with Crippen molar-refractivity contribution in [2.45, 2.75) is 19.4 Å². The molecule has 9 heteroatoms. The zero-order valence-electron chi connectivity index (χ0n) is 13.5. The van der Waals surface area contributed by atoms with Crippen LogP contribution < -0.4 is 5.43 Å². The van der Waals surface area contributed by atoms with Crippen molar-refractivity contribution in [3.8, 4) is 0 Å². The van der Waals surface area contributed by atoms with Gasteiger partial charge in [0.15, 0.2) is 9.84 Å². The molecule has 1 atom stereocenters. The third-order valence-electron chi connectivity index (χ3n) is 4.02. The molecule has 0 bridgehead atoms. The van der Waals surface area contributed by atoms with Crippen LogP contribution in [0, 0.1) is 6.92 Å². The van der Waals surface area contributed by atoms with Crippen LogP contribution in [-0.2, 0) is 9.84 Å². The lowest BCUT2D eigenvalue weighted by molar-refractivity contribution is 0.0955. The van der Waals surface area contributed by atoms with Crippen LogP contribution in [-0.4, -0.2) is 41.8 Å². The average molecular weight is 381 g/mol. The van der Waals surface area contributed by atoms with Crippen molar-refractivity contribution >= 4 is 33.6 Å². The first-order valence-corrected chi connectivity index (χ1v) is 9.91. The smallest absolute Gasteiger partial charge is 0.267 e. The highest BCUT2D eigenvalue weighted by atomic mass is 35.5. The molecule has 0 unspecified atom stereocenters. The van der Waals surface area contributed by atoms with Gasteiger partial charge in [-0.2, -0.15) is 10.2 Å². The van der Waals surface area contributed by atoms with E-state index in [9.17, 15) is 13.2 Å². The van der Waals surface area contributed by atoms with Crippen molar-refractivity contribution in [1.82, 2.24) is 15.2 Å². The van der Waals surface area contributed by atoms with Gasteiger partial charge >= 0.3 is 0 Å². The van der Waals surface area contributed by atoms with Crippen LogP contribution in [0.15, 0.2) is 35.4 Å². The first kappa shape index (κ1) is 17.6. The van der Waals surface area contributed by atoms with Gasteiger partial charge in [-0.1, -0.05) is 29.8 Å². The highest BCUT2D eigenvalue weighted by Crippen LogP contribution is 2.29. The van der Waals surface area contributed by atoms with Gasteiger partial charge in [-0.15, -0.1) is 0 Å². The van der Waals surface area contributed by atoms with E-state index in [1.807, 2.05) is 6.07 Å². The summed E-state index contributed by atoms with van der Waals surface area (Å²) in [6, 6.07) is 8.44. The molecule has 1 saturated heterocycles. The maximum absolute atomic E-state index is 11.9. The number of rotatable bonds is 4. The number of nitrogens with one attached hydrogen (secondary N) is 1. The Morgan fingerprint density at radius 1 is 1.40 bits per heavy atom. The number of amides is 1. The van der Waals surface area contributed by atoms with E-state index in [1.54, 1.807) is 31.2 Å². The second-order valence-corrected chi connectivity index (χ2v) is 8.44. The van der Waals surface area contributed by atoms with E-state index >= 15 is 0 Å². The lowest BCUT2D eigenvalue weighted by atomic mass is 10.2. The molecule has 1 fully saturated rings. The topological polar surface area (TPSA) is 93.4 Å². The fraction of sp³-hybridized carbons (Fsp3) is 0.312. The summed E-state index contributed by atoms with van der Waals surface area (Å²) >= 11 is 6.34. The molecule has 132 valence electrons. The predicted molar refractivity (Wildman–Crippen MR) is 95.8 cm³/mol. The van der Waals surface area contributed by atoms with Gasteiger partial charge in [0.2, 0.25) is 0 Å². The lowest BCUT2D eigenvalue weighted by Gasteiger charge is -2.09. The molecule has 1 amide bonds. The Hall–Kier alpha value is -2.19. The molecule has 0 saturated carbocycles. The summed E-state index contributed by atoms with van der Waals surface area (Å²) in [5.74, 6) is -0.154. The number of halogens is 1. The van der Waals surface area contributed by atoms with Gasteiger partial charge in [0, 0.05) is 5.56 Å². The number of sulfone groups is 1. The van der Waals surface area contributed by atoms with Crippen molar-refractivity contribution in [2.75, 3.05) is 11.5 Å². The summed E-state index contributed by atoms with van der Waals surface area (Å²) < 4.78 is 24.8. The Bertz CT molecular complexity index is 922. The van der Waals surface area contributed by atoms with Crippen LogP contribution in [0.5, 0.6) is 0 Å². The standard InChI is InChI=1S/C16H17ClN4O3S/c1-11-14(9-18-19-16(22)12-5-3-2-4-6-12)15(17)21(20-11)13-7-8-25(23,24)10-13/h2-6,9,13H,7-8,10H2,1H3,(H,19,22)/b18-9-/t13-/m1/s1. The molecular formula is C16H17ClN4O3S. The molecule has 1 aromatic heterocycles. The van der Waals surface area contributed by atoms with Gasteiger partial charge in [-0.3, -0.25) is 4.79 Å². The van der Waals surface area contributed by atoms with Gasteiger partial charge in [-0.25, -0.2) is 18.5 Å². The zero-order chi connectivity index (χ0) is 18.0. The van der Waals surface area contributed by atoms with E-state index in [-0.39, 0.29) is 23.5 Å². The Morgan fingerprint density at radius 3 is 2.76 bits per heavy atom. The molecule has 3 rings (SSSR count). The highest BCUT2D eigenvalue weighted by Gasteiger charge is 2.31. The molecule has 2 aromatic rings. The summed E-state index contributed by atoms with van der Waals surface area (Å²) in [6.07, 6.45) is 1.91. The number of carbonyl (C=O) groups is 1. The van der Waals surface area contributed by atoms with Crippen LogP contribution in [0.2, 0.25) is 5.15 Å². The van der Waals surface area contributed by atoms with Gasteiger partial charge in [0.1, 0.15) is 5.15 Å². The normalized spacial score (nSPS) is 19.4. The Morgan fingerprint density at radius 2 is 2.12 bits per heavy atom. The van der Waals surface area contributed by atoms with Crippen molar-refractivity contribution in [3.05, 3.63) is 52.3 Å². The minimum Gasteiger partial charge on any atom is -0.267 e. The van der Waals surface area contributed by atoms with Crippen molar-refractivity contribution in [1.29, 1.82) is 0 Å². The molecular weight excluding hydrogens is 364 g/mol. The summed E-state index contributed by atoms with van der Waals surface area (Å²) in [5, 5.41) is 8.57. The zero-order valence-corrected chi connectivity index (χ0v) is 15.1. The van der Waals surface area contributed by atoms with Crippen LogP contribution >= 0.6 is 11.6 Å². The van der Waals surface area contributed by atoms with Gasteiger partial charge < -0.3 is 0 Å². The third kappa shape index (κ3) is 3.91. The van der Waals surface area contributed by atoms with Gasteiger partial charge in [0.25, 0.3) is 5.91 Å². The van der Waals surface area contributed by atoms with E-state index in [1.165, 1.54) is 10.9 Å². The second kappa shape index (κ2) is 6.97. The van der Waals surface area contributed by atoms with Gasteiger partial charge in [0.05, 0.1) is 35.0 Å². The van der Waals surface area contributed by atoms with E-state index in [0.717, 1.165) is 0 Å². The number of carbonyl (C=O) groups excluding carboxylic acids is 1. The largest absolute Gasteiger partial charge is 0.271 e. The summed E-state index contributed by atoms with van der Waals surface area (Å²) in [5.41, 5.74) is 4.10. The molecule has 0 aliphatic carbocycles. The summed E-state index contributed by atoms with van der Waals surface area (Å²) in [6.45, 7) is 1.76. The number of hydrazone groups is 1. The van der Waals surface area contributed by atoms with Crippen molar-refractivity contribution < 1.29 is 13.2 Å². The maximum Gasteiger partial charge on any atom is 0.271 e. The van der Waals surface area contributed by atoms with Crippen molar-refractivity contribution in [2.24, 2.45) is 5.10 Å². The van der Waals surface area contributed by atoms with Gasteiger partial charge in [-0.05, 0) is 25.5 Å². The van der Waals surface area contributed by atoms with Crippen molar-refractivity contribution in [3.63, 3.8) is 0 Å². The third-order valence-corrected chi connectivity index (χ3v) is 6.15. The number of aryl methyl sites for hydroxylation is 1. The molecule has 25 heavy (non-hydrogen) atoms. The quantitative estimate of drug-likeness (QED) is 0.648. The molecule has 1 aliphatic rings. The molecule has 1 aromatic carbocycles. The fourth-order valence-electron chi connectivity index (χ4n) is 2.70. The number of hydrogen-bond donors (Lipinski definition) is 1. The Kier molecular flexibility index (Phi) is 4.91. The molecule has 2 heterocycles. The van der Waals surface area contributed by atoms with Crippen LogP contribution in [0.25, 0.3) is 0 Å². The molecule has 7 nitrogen and oxygen atoms in total.